The standard InChI is InChI=1S/C12H13BrN2O/c13-12-5-10(2-1-9(12)6-14)15-7-8-3-11(16)4-8/h1-2,5,8,11,15-16H,3-4,7H2. The molecule has 1 aromatic rings. The third-order valence-corrected chi connectivity index (χ3v) is 3.55. The summed E-state index contributed by atoms with van der Waals surface area (Å²) in [5.74, 6) is 0.574. The van der Waals surface area contributed by atoms with Crippen molar-refractivity contribution in [3.8, 4) is 6.07 Å². The number of nitriles is 1. The Morgan fingerprint density at radius 2 is 2.25 bits per heavy atom. The highest BCUT2D eigenvalue weighted by Gasteiger charge is 2.26. The zero-order valence-electron chi connectivity index (χ0n) is 8.78. The van der Waals surface area contributed by atoms with Gasteiger partial charge in [0.15, 0.2) is 0 Å². The van der Waals surface area contributed by atoms with Gasteiger partial charge in [-0.15, -0.1) is 0 Å². The number of nitrogens with zero attached hydrogens (tertiary/aromatic N) is 1. The first kappa shape index (κ1) is 11.4. The van der Waals surface area contributed by atoms with Gasteiger partial charge in [-0.2, -0.15) is 5.26 Å². The van der Waals surface area contributed by atoms with E-state index >= 15 is 0 Å². The molecule has 1 aliphatic rings. The Balaban J connectivity index is 1.90. The minimum Gasteiger partial charge on any atom is -0.393 e. The molecule has 2 rings (SSSR count). The first-order valence-electron chi connectivity index (χ1n) is 5.30. The molecule has 0 bridgehead atoms. The molecule has 84 valence electrons. The fourth-order valence-electron chi connectivity index (χ4n) is 1.85. The van der Waals surface area contributed by atoms with Crippen LogP contribution in [0.3, 0.4) is 0 Å². The Morgan fingerprint density at radius 1 is 1.50 bits per heavy atom. The van der Waals surface area contributed by atoms with Crippen LogP contribution < -0.4 is 5.32 Å². The molecule has 1 fully saturated rings. The van der Waals surface area contributed by atoms with Gasteiger partial charge in [-0.1, -0.05) is 0 Å². The molecule has 16 heavy (non-hydrogen) atoms. The van der Waals surface area contributed by atoms with E-state index in [-0.39, 0.29) is 6.10 Å². The lowest BCUT2D eigenvalue weighted by Gasteiger charge is -2.31. The molecule has 0 atom stereocenters. The van der Waals surface area contributed by atoms with E-state index in [1.165, 1.54) is 0 Å². The highest BCUT2D eigenvalue weighted by Crippen LogP contribution is 2.28. The molecule has 0 heterocycles. The van der Waals surface area contributed by atoms with Crippen molar-refractivity contribution in [2.24, 2.45) is 5.92 Å². The number of aliphatic hydroxyl groups is 1. The first-order valence-corrected chi connectivity index (χ1v) is 6.10. The third kappa shape index (κ3) is 2.55. The van der Waals surface area contributed by atoms with Crippen LogP contribution in [-0.2, 0) is 0 Å². The summed E-state index contributed by atoms with van der Waals surface area (Å²) in [6.07, 6.45) is 1.69. The Hall–Kier alpha value is -1.05. The number of anilines is 1. The highest BCUT2D eigenvalue weighted by molar-refractivity contribution is 9.10. The molecule has 0 saturated heterocycles. The highest BCUT2D eigenvalue weighted by atomic mass is 79.9. The van der Waals surface area contributed by atoms with Gasteiger partial charge in [-0.3, -0.25) is 0 Å². The maximum atomic E-state index is 9.16. The molecule has 0 aliphatic heterocycles. The Bertz CT molecular complexity index is 422. The van der Waals surface area contributed by atoms with Gasteiger partial charge < -0.3 is 10.4 Å². The Kier molecular flexibility index (Phi) is 3.47. The maximum absolute atomic E-state index is 9.16. The molecule has 0 amide bonds. The summed E-state index contributed by atoms with van der Waals surface area (Å²) in [6.45, 7) is 0.884. The van der Waals surface area contributed by atoms with Crippen LogP contribution in [0.1, 0.15) is 18.4 Å². The number of nitrogens with one attached hydrogen (secondary N) is 1. The van der Waals surface area contributed by atoms with E-state index in [4.69, 9.17) is 10.4 Å². The minimum atomic E-state index is -0.0977. The van der Waals surface area contributed by atoms with Crippen LogP contribution in [0.2, 0.25) is 0 Å². The summed E-state index contributed by atoms with van der Waals surface area (Å²) >= 11 is 3.35. The summed E-state index contributed by atoms with van der Waals surface area (Å²) in [6, 6.07) is 7.71. The average molecular weight is 281 g/mol. The van der Waals surface area contributed by atoms with E-state index in [1.54, 1.807) is 6.07 Å². The van der Waals surface area contributed by atoms with Crippen LogP contribution in [0, 0.1) is 17.2 Å². The number of aliphatic hydroxyl groups excluding tert-OH is 1. The van der Waals surface area contributed by atoms with Crippen molar-refractivity contribution in [2.45, 2.75) is 18.9 Å². The van der Waals surface area contributed by atoms with E-state index in [2.05, 4.69) is 27.3 Å². The number of benzene rings is 1. The van der Waals surface area contributed by atoms with E-state index in [1.807, 2.05) is 12.1 Å². The number of hydrogen-bond donors (Lipinski definition) is 2. The monoisotopic (exact) mass is 280 g/mol. The van der Waals surface area contributed by atoms with Gasteiger partial charge in [-0.25, -0.2) is 0 Å². The molecule has 2 N–H and O–H groups in total. The summed E-state index contributed by atoms with van der Waals surface area (Å²) in [7, 11) is 0. The number of hydrogen-bond acceptors (Lipinski definition) is 3. The lowest BCUT2D eigenvalue weighted by atomic mass is 9.82. The smallest absolute Gasteiger partial charge is 0.100 e. The predicted octanol–water partition coefficient (Wildman–Crippen LogP) is 2.50. The fraction of sp³-hybridized carbons (Fsp3) is 0.417. The normalized spacial score (nSPS) is 23.3. The molecule has 0 unspecified atom stereocenters. The predicted molar refractivity (Wildman–Crippen MR) is 66.1 cm³/mol. The molecule has 0 spiro atoms. The van der Waals surface area contributed by atoms with Crippen molar-refractivity contribution >= 4 is 21.6 Å². The lowest BCUT2D eigenvalue weighted by molar-refractivity contribution is 0.0487. The van der Waals surface area contributed by atoms with Crippen LogP contribution in [0.15, 0.2) is 22.7 Å². The molecule has 0 aromatic heterocycles. The SMILES string of the molecule is N#Cc1ccc(NCC2CC(O)C2)cc1Br. The summed E-state index contributed by atoms with van der Waals surface area (Å²) in [5.41, 5.74) is 1.65. The summed E-state index contributed by atoms with van der Waals surface area (Å²) < 4.78 is 0.814. The van der Waals surface area contributed by atoms with Crippen molar-refractivity contribution in [1.82, 2.24) is 0 Å². The van der Waals surface area contributed by atoms with Crippen LogP contribution in [-0.4, -0.2) is 17.8 Å². The molecule has 4 heteroatoms. The van der Waals surface area contributed by atoms with Crippen molar-refractivity contribution in [3.63, 3.8) is 0 Å². The molecule has 1 aliphatic carbocycles. The van der Waals surface area contributed by atoms with Crippen molar-refractivity contribution in [3.05, 3.63) is 28.2 Å². The van der Waals surface area contributed by atoms with Gasteiger partial charge in [-0.05, 0) is 52.9 Å². The summed E-state index contributed by atoms with van der Waals surface area (Å²) in [5, 5.41) is 21.2. The van der Waals surface area contributed by atoms with Gasteiger partial charge in [0.2, 0.25) is 0 Å². The average Bonchev–Trinajstić information content (AvgIpc) is 2.23. The Morgan fingerprint density at radius 3 is 2.81 bits per heavy atom. The molecule has 3 nitrogen and oxygen atoms in total. The van der Waals surface area contributed by atoms with E-state index < -0.39 is 0 Å². The zero-order chi connectivity index (χ0) is 11.5. The van der Waals surface area contributed by atoms with Crippen LogP contribution in [0.25, 0.3) is 0 Å². The molecular formula is C12H13BrN2O. The largest absolute Gasteiger partial charge is 0.393 e. The lowest BCUT2D eigenvalue weighted by Crippen LogP contribution is -2.33. The van der Waals surface area contributed by atoms with Crippen LogP contribution in [0.4, 0.5) is 5.69 Å². The van der Waals surface area contributed by atoms with E-state index in [0.29, 0.717) is 11.5 Å². The fourth-order valence-corrected chi connectivity index (χ4v) is 2.31. The molecular weight excluding hydrogens is 268 g/mol. The van der Waals surface area contributed by atoms with Gasteiger partial charge >= 0.3 is 0 Å². The van der Waals surface area contributed by atoms with Crippen molar-refractivity contribution < 1.29 is 5.11 Å². The van der Waals surface area contributed by atoms with Crippen molar-refractivity contribution in [2.75, 3.05) is 11.9 Å². The topological polar surface area (TPSA) is 56.0 Å². The molecule has 0 radical (unpaired) electrons. The minimum absolute atomic E-state index is 0.0977. The second-order valence-electron chi connectivity index (χ2n) is 4.18. The van der Waals surface area contributed by atoms with E-state index in [0.717, 1.165) is 29.5 Å². The summed E-state index contributed by atoms with van der Waals surface area (Å²) in [4.78, 5) is 0. The van der Waals surface area contributed by atoms with Crippen LogP contribution >= 0.6 is 15.9 Å². The maximum Gasteiger partial charge on any atom is 0.100 e. The first-order chi connectivity index (χ1) is 7.69. The van der Waals surface area contributed by atoms with Crippen LogP contribution in [0.5, 0.6) is 0 Å². The third-order valence-electron chi connectivity index (χ3n) is 2.90. The second-order valence-corrected chi connectivity index (χ2v) is 5.03. The van der Waals surface area contributed by atoms with Gasteiger partial charge in [0.25, 0.3) is 0 Å². The Labute approximate surface area is 103 Å². The molecule has 1 saturated carbocycles. The number of halogens is 1. The van der Waals surface area contributed by atoms with Gasteiger partial charge in [0.05, 0.1) is 11.7 Å². The van der Waals surface area contributed by atoms with Gasteiger partial charge in [0, 0.05) is 16.7 Å². The van der Waals surface area contributed by atoms with Gasteiger partial charge in [0.1, 0.15) is 6.07 Å². The molecule has 1 aromatic carbocycles. The second kappa shape index (κ2) is 4.86. The number of rotatable bonds is 3. The van der Waals surface area contributed by atoms with E-state index in [9.17, 15) is 0 Å². The van der Waals surface area contributed by atoms with Crippen molar-refractivity contribution in [1.29, 1.82) is 5.26 Å². The quantitative estimate of drug-likeness (QED) is 0.895. The zero-order valence-corrected chi connectivity index (χ0v) is 10.4.